The number of carbonyl (C=O) groups is 3. The summed E-state index contributed by atoms with van der Waals surface area (Å²) >= 11 is 0. The summed E-state index contributed by atoms with van der Waals surface area (Å²) in [5.41, 5.74) is 0. The van der Waals surface area contributed by atoms with Crippen molar-refractivity contribution in [3.05, 3.63) is 36.5 Å². The maximum atomic E-state index is 12.9. The van der Waals surface area contributed by atoms with Gasteiger partial charge in [-0.15, -0.1) is 0 Å². The van der Waals surface area contributed by atoms with Crippen molar-refractivity contribution < 1.29 is 42.9 Å². The molecule has 0 bridgehead atoms. The number of hydrogen-bond donors (Lipinski definition) is 1. The first-order valence-corrected chi connectivity index (χ1v) is 30.7. The van der Waals surface area contributed by atoms with E-state index in [2.05, 4.69) is 50.3 Å². The van der Waals surface area contributed by atoms with Crippen LogP contribution in [0.4, 0.5) is 0 Å². The molecule has 72 heavy (non-hydrogen) atoms. The molecule has 0 spiro atoms. The molecular weight excluding hydrogens is 899 g/mol. The van der Waals surface area contributed by atoms with Crippen molar-refractivity contribution in [2.45, 2.75) is 302 Å². The minimum Gasteiger partial charge on any atom is -0.477 e. The second-order valence-electron chi connectivity index (χ2n) is 22.0. The highest BCUT2D eigenvalue weighted by Crippen LogP contribution is 2.17. The Morgan fingerprint density at radius 3 is 1.11 bits per heavy atom. The molecule has 0 aromatic rings. The van der Waals surface area contributed by atoms with Gasteiger partial charge in [0.05, 0.1) is 34.4 Å². The summed E-state index contributed by atoms with van der Waals surface area (Å²) in [4.78, 5) is 37.4. The molecule has 0 amide bonds. The minimum atomic E-state index is -1.51. The lowest BCUT2D eigenvalue weighted by atomic mass is 10.0. The number of carboxylic acid groups (broad SMARTS) is 1. The maximum absolute atomic E-state index is 12.9. The molecule has 0 radical (unpaired) electrons. The Labute approximate surface area is 445 Å². The average Bonchev–Trinajstić information content (AvgIpc) is 3.35. The molecule has 0 aliphatic heterocycles. The van der Waals surface area contributed by atoms with Crippen LogP contribution < -0.4 is 0 Å². The molecule has 0 aliphatic rings. The number of likely N-dealkylation sites (N-methyl/N-ethyl adjacent to an activating group) is 1. The molecule has 0 aromatic carbocycles. The molecule has 0 rings (SSSR count). The molecule has 2 atom stereocenters. The Hall–Kier alpha value is -2.49. The third kappa shape index (κ3) is 55.3. The van der Waals surface area contributed by atoms with E-state index < -0.39 is 18.4 Å². The lowest BCUT2D eigenvalue weighted by Gasteiger charge is -2.25. The van der Waals surface area contributed by atoms with Crippen LogP contribution in [0.25, 0.3) is 0 Å². The summed E-state index contributed by atoms with van der Waals surface area (Å²) in [5.74, 6) is -1.98. The minimum absolute atomic E-state index is 0.177. The number of unbranched alkanes of at least 4 members (excludes halogenated alkanes) is 36. The van der Waals surface area contributed by atoms with E-state index in [-0.39, 0.29) is 38.2 Å². The van der Waals surface area contributed by atoms with Crippen LogP contribution in [0.15, 0.2) is 36.5 Å². The van der Waals surface area contributed by atoms with Gasteiger partial charge in [0.25, 0.3) is 6.29 Å². The number of nitrogens with zero attached hydrogens (tertiary/aromatic N) is 1. The number of esters is 2. The van der Waals surface area contributed by atoms with Crippen LogP contribution in [0.3, 0.4) is 0 Å². The van der Waals surface area contributed by atoms with E-state index in [1.807, 2.05) is 21.1 Å². The summed E-state index contributed by atoms with van der Waals surface area (Å²) < 4.78 is 22.9. The number of hydrogen-bond acceptors (Lipinski definition) is 7. The van der Waals surface area contributed by atoms with E-state index in [4.69, 9.17) is 18.9 Å². The highest BCUT2D eigenvalue weighted by Gasteiger charge is 2.25. The van der Waals surface area contributed by atoms with Gasteiger partial charge in [-0.2, -0.15) is 0 Å². The monoisotopic (exact) mass is 1020 g/mol. The zero-order valence-electron chi connectivity index (χ0n) is 48.1. The summed E-state index contributed by atoms with van der Waals surface area (Å²) in [6.07, 6.45) is 63.7. The fraction of sp³-hybridized carbons (Fsp3) is 0.857. The Bertz CT molecular complexity index is 1270. The van der Waals surface area contributed by atoms with E-state index in [1.165, 1.54) is 212 Å². The molecule has 1 N–H and O–H groups in total. The fourth-order valence-corrected chi connectivity index (χ4v) is 8.91. The second kappa shape index (κ2) is 54.8. The number of quaternary nitrogens is 1. The van der Waals surface area contributed by atoms with Gasteiger partial charge in [0, 0.05) is 12.8 Å². The van der Waals surface area contributed by atoms with E-state index in [1.54, 1.807) is 0 Å². The number of allylic oxidation sites excluding steroid dienone is 6. The van der Waals surface area contributed by atoms with Crippen LogP contribution in [0.5, 0.6) is 0 Å². The first-order chi connectivity index (χ1) is 35.1. The Morgan fingerprint density at radius 2 is 0.750 bits per heavy atom. The van der Waals surface area contributed by atoms with Gasteiger partial charge in [-0.25, -0.2) is 4.79 Å². The topological polar surface area (TPSA) is 108 Å². The van der Waals surface area contributed by atoms with E-state index >= 15 is 0 Å². The van der Waals surface area contributed by atoms with Gasteiger partial charge in [0.2, 0.25) is 0 Å². The van der Waals surface area contributed by atoms with Gasteiger partial charge in [-0.1, -0.05) is 262 Å². The van der Waals surface area contributed by atoms with Gasteiger partial charge >= 0.3 is 17.9 Å². The predicted octanol–water partition coefficient (Wildman–Crippen LogP) is 18.1. The highest BCUT2D eigenvalue weighted by molar-refractivity contribution is 5.71. The van der Waals surface area contributed by atoms with Crippen molar-refractivity contribution in [1.29, 1.82) is 0 Å². The van der Waals surface area contributed by atoms with E-state index in [0.717, 1.165) is 51.4 Å². The van der Waals surface area contributed by atoms with Crippen LogP contribution in [0, 0.1) is 0 Å². The third-order valence-electron chi connectivity index (χ3n) is 13.6. The molecule has 422 valence electrons. The van der Waals surface area contributed by atoms with Crippen LogP contribution >= 0.6 is 0 Å². The number of ether oxygens (including phenoxy) is 4. The number of carboxylic acids is 1. The molecular formula is C63H118NO8+. The number of rotatable bonds is 57. The first-order valence-electron chi connectivity index (χ1n) is 30.7. The predicted molar refractivity (Wildman–Crippen MR) is 304 cm³/mol. The highest BCUT2D eigenvalue weighted by atomic mass is 16.7. The molecule has 0 fully saturated rings. The average molecular weight is 1020 g/mol. The second-order valence-corrected chi connectivity index (χ2v) is 22.0. The molecule has 9 heteroatoms. The lowest BCUT2D eigenvalue weighted by Crippen LogP contribution is -2.40. The number of carbonyl (C=O) groups excluding carboxylic acids is 2. The van der Waals surface area contributed by atoms with Crippen LogP contribution in [0.1, 0.15) is 290 Å². The largest absolute Gasteiger partial charge is 0.477 e. The molecule has 0 heterocycles. The van der Waals surface area contributed by atoms with Gasteiger partial charge in [0.1, 0.15) is 13.2 Å². The van der Waals surface area contributed by atoms with E-state index in [0.29, 0.717) is 17.4 Å². The fourth-order valence-electron chi connectivity index (χ4n) is 8.91. The van der Waals surface area contributed by atoms with Gasteiger partial charge in [-0.05, 0) is 51.4 Å². The van der Waals surface area contributed by atoms with Crippen molar-refractivity contribution in [1.82, 2.24) is 0 Å². The normalized spacial score (nSPS) is 13.0. The summed E-state index contributed by atoms with van der Waals surface area (Å²) in [5, 5.41) is 9.70. The Balaban J connectivity index is 4.12. The first kappa shape index (κ1) is 69.5. The molecule has 0 saturated carbocycles. The standard InChI is InChI=1S/C63H117NO8/c1-6-8-10-12-14-16-18-20-22-24-25-26-27-28-29-30-31-32-33-34-35-36-37-38-40-42-44-46-48-50-52-54-61(66)72-59(58-71-63(62(67)68)69-56-55-64(3,4)5)57-70-60(65)53-51-49-47-45-43-41-39-23-21-19-17-15-13-11-9-7-2/h18,20,24-25,27-28,59,63H,6-17,19,21-23,26,29-58H2,1-5H3/p+1/b20-18-,25-24-,28-27-. The van der Waals surface area contributed by atoms with Crippen LogP contribution in [-0.4, -0.2) is 87.4 Å². The molecule has 2 unspecified atom stereocenters. The van der Waals surface area contributed by atoms with Crippen molar-refractivity contribution in [3.8, 4) is 0 Å². The van der Waals surface area contributed by atoms with Crippen molar-refractivity contribution in [2.75, 3.05) is 47.5 Å². The van der Waals surface area contributed by atoms with Crippen molar-refractivity contribution >= 4 is 17.9 Å². The quantitative estimate of drug-likeness (QED) is 0.0211. The van der Waals surface area contributed by atoms with Gasteiger partial charge < -0.3 is 28.5 Å². The van der Waals surface area contributed by atoms with Gasteiger partial charge in [0.15, 0.2) is 6.10 Å². The summed E-state index contributed by atoms with van der Waals surface area (Å²) in [6, 6.07) is 0. The van der Waals surface area contributed by atoms with Crippen molar-refractivity contribution in [3.63, 3.8) is 0 Å². The zero-order valence-corrected chi connectivity index (χ0v) is 48.1. The van der Waals surface area contributed by atoms with Crippen LogP contribution in [-0.2, 0) is 33.3 Å². The Kier molecular flexibility index (Phi) is 52.9. The molecule has 0 saturated heterocycles. The molecule has 0 aliphatic carbocycles. The van der Waals surface area contributed by atoms with E-state index in [9.17, 15) is 19.5 Å². The summed E-state index contributed by atoms with van der Waals surface area (Å²) in [7, 11) is 5.98. The Morgan fingerprint density at radius 1 is 0.417 bits per heavy atom. The lowest BCUT2D eigenvalue weighted by molar-refractivity contribution is -0.870. The van der Waals surface area contributed by atoms with Crippen molar-refractivity contribution in [2.24, 2.45) is 0 Å². The maximum Gasteiger partial charge on any atom is 0.361 e. The van der Waals surface area contributed by atoms with Crippen LogP contribution in [0.2, 0.25) is 0 Å². The van der Waals surface area contributed by atoms with Gasteiger partial charge in [-0.3, -0.25) is 9.59 Å². The molecule has 0 aromatic heterocycles. The zero-order chi connectivity index (χ0) is 52.7. The molecule has 9 nitrogen and oxygen atoms in total. The third-order valence-corrected chi connectivity index (χ3v) is 13.6. The summed E-state index contributed by atoms with van der Waals surface area (Å²) in [6.45, 7) is 4.91. The SMILES string of the molecule is CCCCCCC/C=C\C/C=C\C/C=C\CCCCCCCCCCCCCCCCCCC(=O)OC(COC(=O)CCCCCCCCCCCCCCCCCC)COC(OCC[N+](C)(C)C)C(=O)O. The number of aliphatic carboxylic acids is 1. The smallest absolute Gasteiger partial charge is 0.361 e.